The smallest absolute Gasteiger partial charge is 0.229 e. The van der Waals surface area contributed by atoms with Crippen LogP contribution in [-0.4, -0.2) is 19.0 Å². The molecule has 0 saturated carbocycles. The van der Waals surface area contributed by atoms with Gasteiger partial charge in [-0.15, -0.1) is 0 Å². The fourth-order valence-corrected chi connectivity index (χ4v) is 2.69. The van der Waals surface area contributed by atoms with E-state index in [2.05, 4.69) is 10.6 Å². The zero-order valence-electron chi connectivity index (χ0n) is 8.79. The normalized spacial score (nSPS) is 27.9. The Morgan fingerprint density at radius 1 is 1.31 bits per heavy atom. The number of anilines is 1. The van der Waals surface area contributed by atoms with Gasteiger partial charge in [0.2, 0.25) is 5.91 Å². The highest BCUT2D eigenvalue weighted by Crippen LogP contribution is 2.39. The molecule has 0 bridgehead atoms. The van der Waals surface area contributed by atoms with E-state index in [9.17, 15) is 9.18 Å². The molecule has 0 aliphatic carbocycles. The van der Waals surface area contributed by atoms with Gasteiger partial charge in [0, 0.05) is 12.2 Å². The van der Waals surface area contributed by atoms with Crippen molar-refractivity contribution in [3.8, 4) is 0 Å². The molecule has 1 aromatic carbocycles. The van der Waals surface area contributed by atoms with Gasteiger partial charge < -0.3 is 10.6 Å². The topological polar surface area (TPSA) is 41.1 Å². The van der Waals surface area contributed by atoms with E-state index < -0.39 is 0 Å². The fraction of sp³-hybridized carbons (Fsp3) is 0.417. The Kier molecular flexibility index (Phi) is 2.17. The summed E-state index contributed by atoms with van der Waals surface area (Å²) in [6, 6.07) is 4.67. The van der Waals surface area contributed by atoms with Crippen molar-refractivity contribution in [2.45, 2.75) is 12.3 Å². The van der Waals surface area contributed by atoms with Gasteiger partial charge in [-0.2, -0.15) is 0 Å². The average Bonchev–Trinajstić information content (AvgIpc) is 2.29. The molecule has 4 heteroatoms. The second kappa shape index (κ2) is 3.56. The third kappa shape index (κ3) is 1.41. The first-order valence-electron chi connectivity index (χ1n) is 5.57. The molecule has 0 spiro atoms. The number of hydrogen-bond donors (Lipinski definition) is 2. The van der Waals surface area contributed by atoms with E-state index in [1.165, 1.54) is 12.1 Å². The van der Waals surface area contributed by atoms with E-state index in [1.807, 2.05) is 0 Å². The Labute approximate surface area is 93.0 Å². The maximum atomic E-state index is 13.1. The van der Waals surface area contributed by atoms with Gasteiger partial charge in [0.05, 0.1) is 5.92 Å². The molecule has 1 aromatic rings. The van der Waals surface area contributed by atoms with Gasteiger partial charge in [-0.05, 0) is 36.6 Å². The monoisotopic (exact) mass is 220 g/mol. The van der Waals surface area contributed by atoms with E-state index in [-0.39, 0.29) is 23.6 Å². The predicted octanol–water partition coefficient (Wildman–Crippen LogP) is 1.47. The maximum Gasteiger partial charge on any atom is 0.229 e. The highest BCUT2D eigenvalue weighted by atomic mass is 19.1. The summed E-state index contributed by atoms with van der Waals surface area (Å²) in [5, 5.41) is 6.00. The second-order valence-corrected chi connectivity index (χ2v) is 4.43. The van der Waals surface area contributed by atoms with Crippen LogP contribution in [0.5, 0.6) is 0 Å². The van der Waals surface area contributed by atoms with Gasteiger partial charge in [0.15, 0.2) is 0 Å². The van der Waals surface area contributed by atoms with Gasteiger partial charge in [0.1, 0.15) is 5.82 Å². The number of piperidine rings is 1. The largest absolute Gasteiger partial charge is 0.325 e. The van der Waals surface area contributed by atoms with Crippen LogP contribution in [-0.2, 0) is 4.79 Å². The summed E-state index contributed by atoms with van der Waals surface area (Å²) in [6.45, 7) is 1.64. The SMILES string of the molecule is O=C1Nc2cc(F)ccc2C2CCNCC12. The highest BCUT2D eigenvalue weighted by molar-refractivity contribution is 5.96. The first kappa shape index (κ1) is 9.78. The van der Waals surface area contributed by atoms with Crippen molar-refractivity contribution in [1.82, 2.24) is 5.32 Å². The molecule has 1 fully saturated rings. The van der Waals surface area contributed by atoms with Crippen LogP contribution in [0.3, 0.4) is 0 Å². The predicted molar refractivity (Wildman–Crippen MR) is 58.7 cm³/mol. The number of halogens is 1. The second-order valence-electron chi connectivity index (χ2n) is 4.43. The molecule has 0 radical (unpaired) electrons. The maximum absolute atomic E-state index is 13.1. The third-order valence-electron chi connectivity index (χ3n) is 3.49. The van der Waals surface area contributed by atoms with E-state index in [0.717, 1.165) is 18.5 Å². The summed E-state index contributed by atoms with van der Waals surface area (Å²) < 4.78 is 13.1. The van der Waals surface area contributed by atoms with Crippen LogP contribution in [0.15, 0.2) is 18.2 Å². The standard InChI is InChI=1S/C12H13FN2O/c13-7-1-2-9-8-3-4-14-6-10(8)12(16)15-11(9)5-7/h1-2,5,8,10,14H,3-4,6H2,(H,15,16). The van der Waals surface area contributed by atoms with Gasteiger partial charge >= 0.3 is 0 Å². The van der Waals surface area contributed by atoms with Crippen molar-refractivity contribution in [1.29, 1.82) is 0 Å². The Hall–Kier alpha value is -1.42. The first-order valence-corrected chi connectivity index (χ1v) is 5.57. The third-order valence-corrected chi connectivity index (χ3v) is 3.49. The molecule has 84 valence electrons. The summed E-state index contributed by atoms with van der Waals surface area (Å²) in [6.07, 6.45) is 0.941. The molecule has 2 unspecified atom stereocenters. The van der Waals surface area contributed by atoms with Crippen LogP contribution in [0.4, 0.5) is 10.1 Å². The van der Waals surface area contributed by atoms with E-state index >= 15 is 0 Å². The molecule has 2 aliphatic rings. The van der Waals surface area contributed by atoms with Crippen molar-refractivity contribution in [2.24, 2.45) is 5.92 Å². The molecule has 2 heterocycles. The summed E-state index contributed by atoms with van der Waals surface area (Å²) in [7, 11) is 0. The van der Waals surface area contributed by atoms with Crippen molar-refractivity contribution in [2.75, 3.05) is 18.4 Å². The van der Waals surface area contributed by atoms with E-state index in [1.54, 1.807) is 6.07 Å². The molecule has 3 nitrogen and oxygen atoms in total. The number of carbonyl (C=O) groups is 1. The van der Waals surface area contributed by atoms with Crippen LogP contribution in [0, 0.1) is 11.7 Å². The molecule has 16 heavy (non-hydrogen) atoms. The van der Waals surface area contributed by atoms with Crippen LogP contribution in [0.1, 0.15) is 17.9 Å². The van der Waals surface area contributed by atoms with Crippen LogP contribution >= 0.6 is 0 Å². The molecule has 0 aromatic heterocycles. The van der Waals surface area contributed by atoms with Gasteiger partial charge in [-0.25, -0.2) is 4.39 Å². The lowest BCUT2D eigenvalue weighted by molar-refractivity contribution is -0.121. The fourth-order valence-electron chi connectivity index (χ4n) is 2.69. The lowest BCUT2D eigenvalue weighted by Crippen LogP contribution is -2.44. The number of fused-ring (bicyclic) bond motifs is 3. The quantitative estimate of drug-likeness (QED) is 0.695. The minimum Gasteiger partial charge on any atom is -0.325 e. The molecular weight excluding hydrogens is 207 g/mol. The number of rotatable bonds is 0. The summed E-state index contributed by atoms with van der Waals surface area (Å²) in [5.74, 6) is -0.0564. The van der Waals surface area contributed by atoms with Crippen LogP contribution < -0.4 is 10.6 Å². The minimum atomic E-state index is -0.300. The Morgan fingerprint density at radius 2 is 2.19 bits per heavy atom. The zero-order chi connectivity index (χ0) is 11.1. The van der Waals surface area contributed by atoms with Crippen LogP contribution in [0.25, 0.3) is 0 Å². The molecule has 1 amide bonds. The molecule has 2 aliphatic heterocycles. The molecule has 1 saturated heterocycles. The van der Waals surface area contributed by atoms with Gasteiger partial charge in [-0.1, -0.05) is 6.07 Å². The number of nitrogens with one attached hydrogen (secondary N) is 2. The Morgan fingerprint density at radius 3 is 3.06 bits per heavy atom. The summed E-state index contributed by atoms with van der Waals surface area (Å²) >= 11 is 0. The van der Waals surface area contributed by atoms with Crippen molar-refractivity contribution in [3.05, 3.63) is 29.6 Å². The number of hydrogen-bond acceptors (Lipinski definition) is 2. The zero-order valence-corrected chi connectivity index (χ0v) is 8.79. The molecular formula is C12H13FN2O. The average molecular weight is 220 g/mol. The van der Waals surface area contributed by atoms with Crippen molar-refractivity contribution < 1.29 is 9.18 Å². The Bertz CT molecular complexity index is 447. The van der Waals surface area contributed by atoms with Gasteiger partial charge in [-0.3, -0.25) is 4.79 Å². The Balaban J connectivity index is 2.06. The summed E-state index contributed by atoms with van der Waals surface area (Å²) in [5.41, 5.74) is 1.72. The first-order chi connectivity index (χ1) is 7.75. The van der Waals surface area contributed by atoms with E-state index in [0.29, 0.717) is 12.2 Å². The molecule has 2 N–H and O–H groups in total. The summed E-state index contributed by atoms with van der Waals surface area (Å²) in [4.78, 5) is 11.8. The number of amides is 1. The van der Waals surface area contributed by atoms with E-state index in [4.69, 9.17) is 0 Å². The van der Waals surface area contributed by atoms with Crippen LogP contribution in [0.2, 0.25) is 0 Å². The molecule has 3 rings (SSSR count). The lowest BCUT2D eigenvalue weighted by atomic mass is 9.77. The number of carbonyl (C=O) groups excluding carboxylic acids is 1. The van der Waals surface area contributed by atoms with Crippen molar-refractivity contribution in [3.63, 3.8) is 0 Å². The number of benzene rings is 1. The highest BCUT2D eigenvalue weighted by Gasteiger charge is 2.37. The van der Waals surface area contributed by atoms with Crippen molar-refractivity contribution >= 4 is 11.6 Å². The minimum absolute atomic E-state index is 0.00767. The molecule has 2 atom stereocenters. The van der Waals surface area contributed by atoms with Gasteiger partial charge in [0.25, 0.3) is 0 Å². The lowest BCUT2D eigenvalue weighted by Gasteiger charge is -2.36.